The molecule has 1 aromatic heterocycles. The van der Waals surface area contributed by atoms with E-state index in [0.717, 1.165) is 65.3 Å². The summed E-state index contributed by atoms with van der Waals surface area (Å²) in [7, 11) is 0. The van der Waals surface area contributed by atoms with Gasteiger partial charge in [-0.2, -0.15) is 0 Å². The minimum absolute atomic E-state index is 0.0528. The minimum Gasteiger partial charge on any atom is -0.487 e. The van der Waals surface area contributed by atoms with Crippen LogP contribution in [-0.4, -0.2) is 44.5 Å². The van der Waals surface area contributed by atoms with Gasteiger partial charge < -0.3 is 14.8 Å². The molecule has 1 saturated heterocycles. The van der Waals surface area contributed by atoms with Crippen LogP contribution in [0.1, 0.15) is 50.3 Å². The maximum absolute atomic E-state index is 12.5. The van der Waals surface area contributed by atoms with Crippen molar-refractivity contribution in [3.63, 3.8) is 0 Å². The fourth-order valence-corrected chi connectivity index (χ4v) is 5.54. The number of nitrogens with one attached hydrogen (secondary N) is 1. The highest BCUT2D eigenvalue weighted by atomic mass is 35.5. The second kappa shape index (κ2) is 8.25. The SMILES string of the molecule is CC1(C)Cc2cc(Cl)cc(CCC(O)N3CCC(n4c(=O)[nH]c5ccccc54)CC3)c2O1. The van der Waals surface area contributed by atoms with Crippen molar-refractivity contribution in [3.05, 3.63) is 63.0 Å². The lowest BCUT2D eigenvalue weighted by Crippen LogP contribution is -2.43. The number of likely N-dealkylation sites (tertiary alicyclic amines) is 1. The number of aromatic amines is 1. The molecule has 6 nitrogen and oxygen atoms in total. The second-order valence-corrected chi connectivity index (χ2v) is 10.1. The monoisotopic (exact) mass is 455 g/mol. The Kier molecular flexibility index (Phi) is 5.56. The van der Waals surface area contributed by atoms with E-state index >= 15 is 0 Å². The quantitative estimate of drug-likeness (QED) is 0.602. The molecule has 2 aliphatic rings. The summed E-state index contributed by atoms with van der Waals surface area (Å²) in [5.74, 6) is 0.934. The molecule has 0 bridgehead atoms. The summed E-state index contributed by atoms with van der Waals surface area (Å²) >= 11 is 6.35. The zero-order chi connectivity index (χ0) is 22.5. The number of para-hydroxylation sites is 2. The number of nitrogens with zero attached hydrogens (tertiary/aromatic N) is 2. The normalized spacial score (nSPS) is 19.8. The molecule has 2 aromatic carbocycles. The highest BCUT2D eigenvalue weighted by Gasteiger charge is 2.33. The molecule has 0 aliphatic carbocycles. The van der Waals surface area contributed by atoms with E-state index in [1.165, 1.54) is 0 Å². The molecule has 1 atom stereocenters. The molecule has 1 fully saturated rings. The molecular weight excluding hydrogens is 426 g/mol. The van der Waals surface area contributed by atoms with Crippen LogP contribution in [0.3, 0.4) is 0 Å². The predicted octanol–water partition coefficient (Wildman–Crippen LogP) is 4.28. The predicted molar refractivity (Wildman–Crippen MR) is 127 cm³/mol. The van der Waals surface area contributed by atoms with Crippen molar-refractivity contribution in [3.8, 4) is 5.75 Å². The van der Waals surface area contributed by atoms with Crippen molar-refractivity contribution in [2.24, 2.45) is 0 Å². The maximum Gasteiger partial charge on any atom is 0.326 e. The van der Waals surface area contributed by atoms with E-state index in [-0.39, 0.29) is 17.3 Å². The molecule has 5 rings (SSSR count). The number of aliphatic hydroxyl groups excluding tert-OH is 1. The number of aromatic nitrogens is 2. The maximum atomic E-state index is 12.5. The van der Waals surface area contributed by atoms with Gasteiger partial charge in [0.15, 0.2) is 0 Å². The molecule has 7 heteroatoms. The Labute approximate surface area is 192 Å². The zero-order valence-electron chi connectivity index (χ0n) is 18.6. The topological polar surface area (TPSA) is 70.5 Å². The minimum atomic E-state index is -0.528. The number of hydrogen-bond acceptors (Lipinski definition) is 4. The van der Waals surface area contributed by atoms with Crippen LogP contribution >= 0.6 is 11.6 Å². The first-order valence-electron chi connectivity index (χ1n) is 11.4. The van der Waals surface area contributed by atoms with Gasteiger partial charge >= 0.3 is 5.69 Å². The van der Waals surface area contributed by atoms with Crippen LogP contribution in [0.25, 0.3) is 11.0 Å². The lowest BCUT2D eigenvalue weighted by Gasteiger charge is -2.35. The zero-order valence-corrected chi connectivity index (χ0v) is 19.4. The molecule has 1 unspecified atom stereocenters. The molecule has 3 aromatic rings. The molecule has 0 radical (unpaired) electrons. The van der Waals surface area contributed by atoms with Gasteiger partial charge in [-0.25, -0.2) is 4.79 Å². The third-order valence-electron chi connectivity index (χ3n) is 6.78. The number of hydrogen-bond donors (Lipinski definition) is 2. The first-order chi connectivity index (χ1) is 15.3. The standard InChI is InChI=1S/C25H30ClN3O3/c1-25(2)15-17-14-18(26)13-16(23(17)32-25)7-8-22(30)28-11-9-19(10-12-28)29-21-6-4-3-5-20(21)27-24(29)31/h3-6,13-14,19,22,30H,7-12,15H2,1-2H3,(H,27,31). The van der Waals surface area contributed by atoms with Gasteiger partial charge in [0.25, 0.3) is 0 Å². The third-order valence-corrected chi connectivity index (χ3v) is 7.00. The Morgan fingerprint density at radius 1 is 1.25 bits per heavy atom. The summed E-state index contributed by atoms with van der Waals surface area (Å²) in [6, 6.07) is 11.9. The van der Waals surface area contributed by atoms with Crippen molar-refractivity contribution in [2.45, 2.75) is 63.8 Å². The van der Waals surface area contributed by atoms with E-state index in [0.29, 0.717) is 12.8 Å². The number of benzene rings is 2. The first kappa shape index (κ1) is 21.6. The lowest BCUT2D eigenvalue weighted by atomic mass is 9.98. The van der Waals surface area contributed by atoms with Gasteiger partial charge in [-0.05, 0) is 74.9 Å². The molecule has 2 N–H and O–H groups in total. The Morgan fingerprint density at radius 3 is 2.78 bits per heavy atom. The number of rotatable bonds is 5. The van der Waals surface area contributed by atoms with Crippen LogP contribution in [0, 0.1) is 0 Å². The molecule has 32 heavy (non-hydrogen) atoms. The van der Waals surface area contributed by atoms with E-state index in [9.17, 15) is 9.90 Å². The van der Waals surface area contributed by atoms with Crippen molar-refractivity contribution in [1.29, 1.82) is 0 Å². The van der Waals surface area contributed by atoms with Gasteiger partial charge in [-0.3, -0.25) is 9.47 Å². The summed E-state index contributed by atoms with van der Waals surface area (Å²) < 4.78 is 8.05. The summed E-state index contributed by atoms with van der Waals surface area (Å²) in [6.45, 7) is 5.69. The average molecular weight is 456 g/mol. The summed E-state index contributed by atoms with van der Waals surface area (Å²) in [6.07, 6.45) is 3.32. The average Bonchev–Trinajstić information content (AvgIpc) is 3.25. The first-order valence-corrected chi connectivity index (χ1v) is 11.8. The van der Waals surface area contributed by atoms with Crippen molar-refractivity contribution in [2.75, 3.05) is 13.1 Å². The number of imidazole rings is 1. The molecule has 2 aliphatic heterocycles. The molecule has 3 heterocycles. The Hall–Kier alpha value is -2.28. The molecule has 0 spiro atoms. The third kappa shape index (κ3) is 4.07. The van der Waals surface area contributed by atoms with Crippen molar-refractivity contribution >= 4 is 22.6 Å². The highest BCUT2D eigenvalue weighted by molar-refractivity contribution is 6.30. The van der Waals surface area contributed by atoms with Crippen LogP contribution < -0.4 is 10.4 Å². The number of piperidine rings is 1. The van der Waals surface area contributed by atoms with Crippen LogP contribution in [0.5, 0.6) is 5.75 Å². The van der Waals surface area contributed by atoms with Gasteiger partial charge in [-0.1, -0.05) is 23.7 Å². The van der Waals surface area contributed by atoms with Gasteiger partial charge in [0.05, 0.1) is 11.0 Å². The van der Waals surface area contributed by atoms with Crippen LogP contribution in [0.4, 0.5) is 0 Å². The number of aryl methyl sites for hydroxylation is 1. The van der Waals surface area contributed by atoms with Crippen molar-refractivity contribution < 1.29 is 9.84 Å². The van der Waals surface area contributed by atoms with E-state index in [1.54, 1.807) is 0 Å². The molecular formula is C25H30ClN3O3. The van der Waals surface area contributed by atoms with Crippen LogP contribution in [0.2, 0.25) is 5.02 Å². The fourth-order valence-electron chi connectivity index (χ4n) is 5.28. The number of ether oxygens (including phenoxy) is 1. The van der Waals surface area contributed by atoms with Gasteiger partial charge in [0.2, 0.25) is 0 Å². The molecule has 170 valence electrons. The Bertz CT molecular complexity index is 1190. The van der Waals surface area contributed by atoms with E-state index in [2.05, 4.69) is 23.7 Å². The number of H-pyrrole nitrogens is 1. The molecule has 0 amide bonds. The van der Waals surface area contributed by atoms with Crippen LogP contribution in [-0.2, 0) is 12.8 Å². The summed E-state index contributed by atoms with van der Waals surface area (Å²) in [4.78, 5) is 17.6. The summed E-state index contributed by atoms with van der Waals surface area (Å²) in [5.41, 5.74) is 3.77. The van der Waals surface area contributed by atoms with Crippen LogP contribution in [0.15, 0.2) is 41.2 Å². The van der Waals surface area contributed by atoms with Crippen molar-refractivity contribution in [1.82, 2.24) is 14.5 Å². The smallest absolute Gasteiger partial charge is 0.326 e. The number of halogens is 1. The Balaban J connectivity index is 1.22. The lowest BCUT2D eigenvalue weighted by molar-refractivity contribution is -0.0204. The van der Waals surface area contributed by atoms with Gasteiger partial charge in [0.1, 0.15) is 17.6 Å². The van der Waals surface area contributed by atoms with E-state index in [4.69, 9.17) is 16.3 Å². The summed E-state index contributed by atoms with van der Waals surface area (Å²) in [5, 5.41) is 11.6. The fraction of sp³-hybridized carbons (Fsp3) is 0.480. The highest BCUT2D eigenvalue weighted by Crippen LogP contribution is 2.40. The number of aliphatic hydroxyl groups is 1. The largest absolute Gasteiger partial charge is 0.487 e. The molecule has 0 saturated carbocycles. The Morgan fingerprint density at radius 2 is 2.00 bits per heavy atom. The number of fused-ring (bicyclic) bond motifs is 2. The second-order valence-electron chi connectivity index (χ2n) is 9.70. The van der Waals surface area contributed by atoms with E-state index < -0.39 is 6.23 Å². The van der Waals surface area contributed by atoms with E-state index in [1.807, 2.05) is 41.0 Å². The van der Waals surface area contributed by atoms with Gasteiger partial charge in [-0.15, -0.1) is 0 Å². The van der Waals surface area contributed by atoms with Gasteiger partial charge in [0, 0.05) is 30.6 Å².